The van der Waals surface area contributed by atoms with E-state index in [1.165, 1.54) is 12.0 Å². The molecule has 0 aromatic heterocycles. The third-order valence-electron chi connectivity index (χ3n) is 5.78. The Morgan fingerprint density at radius 1 is 1.06 bits per heavy atom. The topological polar surface area (TPSA) is 117 Å². The van der Waals surface area contributed by atoms with Gasteiger partial charge in [-0.3, -0.25) is 19.7 Å². The second-order valence-corrected chi connectivity index (χ2v) is 7.80. The Balaban J connectivity index is 1.46. The van der Waals surface area contributed by atoms with Crippen LogP contribution in [0, 0.1) is 11.8 Å². The molecule has 5 amide bonds. The molecule has 9 heteroatoms. The Kier molecular flexibility index (Phi) is 4.37. The number of hydrogen-bond donors (Lipinski definition) is 3. The number of rotatable bonds is 3. The van der Waals surface area contributed by atoms with Crippen LogP contribution in [-0.2, 0) is 17.9 Å². The van der Waals surface area contributed by atoms with Gasteiger partial charge in [0.15, 0.2) is 0 Å². The van der Waals surface area contributed by atoms with Gasteiger partial charge >= 0.3 is 6.03 Å². The first-order valence-electron chi connectivity index (χ1n) is 9.93. The molecule has 32 heavy (non-hydrogen) atoms. The van der Waals surface area contributed by atoms with Crippen molar-refractivity contribution in [3.8, 4) is 17.6 Å². The molecular weight excluding hydrogens is 412 g/mol. The van der Waals surface area contributed by atoms with Gasteiger partial charge in [0.1, 0.15) is 5.75 Å². The molecule has 1 fully saturated rings. The van der Waals surface area contributed by atoms with E-state index in [-0.39, 0.29) is 24.9 Å². The number of imide groups is 1. The number of amides is 5. The molecule has 0 aliphatic carbocycles. The molecule has 1 atom stereocenters. The van der Waals surface area contributed by atoms with Crippen LogP contribution < -0.4 is 20.7 Å². The third-order valence-corrected chi connectivity index (χ3v) is 5.78. The molecule has 2 aromatic rings. The minimum atomic E-state index is -1.61. The molecule has 9 nitrogen and oxygen atoms in total. The number of urea groups is 1. The number of nitrogens with one attached hydrogen (secondary N) is 3. The van der Waals surface area contributed by atoms with Crippen LogP contribution >= 0.6 is 0 Å². The molecule has 3 aliphatic rings. The highest BCUT2D eigenvalue weighted by Crippen LogP contribution is 2.28. The second-order valence-electron chi connectivity index (χ2n) is 7.80. The summed E-state index contributed by atoms with van der Waals surface area (Å²) >= 11 is 0. The van der Waals surface area contributed by atoms with E-state index in [0.29, 0.717) is 29.0 Å². The normalized spacial score (nSPS) is 20.7. The van der Waals surface area contributed by atoms with Crippen LogP contribution in [0.15, 0.2) is 36.4 Å². The van der Waals surface area contributed by atoms with E-state index in [1.54, 1.807) is 36.4 Å². The van der Waals surface area contributed by atoms with E-state index in [0.717, 1.165) is 11.1 Å². The van der Waals surface area contributed by atoms with Gasteiger partial charge in [-0.2, -0.15) is 0 Å². The maximum atomic E-state index is 13.0. The molecule has 3 N–H and O–H groups in total. The van der Waals surface area contributed by atoms with E-state index >= 15 is 0 Å². The number of carbonyl (C=O) groups is 4. The Hall–Kier alpha value is -4.32. The first-order chi connectivity index (χ1) is 15.4. The quantitative estimate of drug-likeness (QED) is 0.485. The Morgan fingerprint density at radius 2 is 1.88 bits per heavy atom. The Morgan fingerprint density at radius 3 is 2.62 bits per heavy atom. The maximum Gasteiger partial charge on any atom is 0.323 e. The Bertz CT molecular complexity index is 1270. The van der Waals surface area contributed by atoms with Gasteiger partial charge in [-0.05, 0) is 35.4 Å². The van der Waals surface area contributed by atoms with Gasteiger partial charge < -0.3 is 20.3 Å². The molecule has 0 radical (unpaired) electrons. The average Bonchev–Trinajstić information content (AvgIpc) is 3.40. The van der Waals surface area contributed by atoms with Crippen molar-refractivity contribution in [1.82, 2.24) is 20.9 Å². The van der Waals surface area contributed by atoms with E-state index in [2.05, 4.69) is 27.8 Å². The fraction of sp³-hybridized carbons (Fsp3) is 0.217. The summed E-state index contributed by atoms with van der Waals surface area (Å²) in [4.78, 5) is 51.0. The summed E-state index contributed by atoms with van der Waals surface area (Å²) in [6, 6.07) is 9.73. The summed E-state index contributed by atoms with van der Waals surface area (Å²) in [5.74, 6) is 5.22. The van der Waals surface area contributed by atoms with Crippen LogP contribution in [0.2, 0.25) is 0 Å². The van der Waals surface area contributed by atoms with Gasteiger partial charge in [-0.25, -0.2) is 4.79 Å². The van der Waals surface area contributed by atoms with E-state index < -0.39 is 17.5 Å². The van der Waals surface area contributed by atoms with Gasteiger partial charge in [-0.15, -0.1) is 0 Å². The molecule has 0 unspecified atom stereocenters. The third kappa shape index (κ3) is 3.13. The van der Waals surface area contributed by atoms with Crippen molar-refractivity contribution in [3.63, 3.8) is 0 Å². The molecule has 0 spiro atoms. The van der Waals surface area contributed by atoms with Gasteiger partial charge in [0, 0.05) is 29.8 Å². The zero-order valence-electron chi connectivity index (χ0n) is 17.1. The summed E-state index contributed by atoms with van der Waals surface area (Å²) in [6.45, 7) is 0.620. The minimum absolute atomic E-state index is 0.126. The first kappa shape index (κ1) is 19.6. The summed E-state index contributed by atoms with van der Waals surface area (Å²) in [5, 5.41) is 7.52. The SMILES string of the molecule is COc1ccc2c(c1)C(=O)N(C[C@@]1(C#Cc3ccc4c(c3)C(=O)NC4)NC(=O)NC1=O)C2. The van der Waals surface area contributed by atoms with Crippen molar-refractivity contribution in [2.24, 2.45) is 0 Å². The molecule has 0 bridgehead atoms. The first-order valence-corrected chi connectivity index (χ1v) is 9.93. The lowest BCUT2D eigenvalue weighted by Crippen LogP contribution is -2.54. The largest absolute Gasteiger partial charge is 0.497 e. The van der Waals surface area contributed by atoms with Crippen LogP contribution in [0.25, 0.3) is 0 Å². The summed E-state index contributed by atoms with van der Waals surface area (Å²) < 4.78 is 5.19. The van der Waals surface area contributed by atoms with Gasteiger partial charge in [0.05, 0.1) is 13.7 Å². The van der Waals surface area contributed by atoms with Crippen LogP contribution in [0.3, 0.4) is 0 Å². The molecule has 160 valence electrons. The lowest BCUT2D eigenvalue weighted by molar-refractivity contribution is -0.122. The number of fused-ring (bicyclic) bond motifs is 2. The number of methoxy groups -OCH3 is 1. The van der Waals surface area contributed by atoms with Gasteiger partial charge in [-0.1, -0.05) is 24.0 Å². The van der Waals surface area contributed by atoms with Crippen molar-refractivity contribution in [2.75, 3.05) is 13.7 Å². The molecular formula is C23H18N4O5. The molecule has 2 aromatic carbocycles. The van der Waals surface area contributed by atoms with E-state index in [4.69, 9.17) is 4.74 Å². The number of nitrogens with zero attached hydrogens (tertiary/aromatic N) is 1. The molecule has 0 saturated carbocycles. The smallest absolute Gasteiger partial charge is 0.323 e. The van der Waals surface area contributed by atoms with Crippen molar-refractivity contribution in [3.05, 3.63) is 64.2 Å². The fourth-order valence-electron chi connectivity index (χ4n) is 4.08. The predicted octanol–water partition coefficient (Wildman–Crippen LogP) is 0.524. The van der Waals surface area contributed by atoms with Crippen molar-refractivity contribution >= 4 is 23.8 Å². The number of hydrogen-bond acceptors (Lipinski definition) is 5. The maximum absolute atomic E-state index is 13.0. The molecule has 5 rings (SSSR count). The zero-order chi connectivity index (χ0) is 22.5. The second kappa shape index (κ2) is 7.13. The summed E-state index contributed by atoms with van der Waals surface area (Å²) in [7, 11) is 1.52. The standard InChI is InChI=1S/C23H18N4O5/c1-32-16-5-4-15-11-27(20(29)18(15)9-16)12-23(21(30)25-22(31)26-23)7-6-13-2-3-14-10-24-19(28)17(14)8-13/h2-5,8-9H,10-12H2,1H3,(H,24,28)(H2,25,26,30,31)/t23-/m1/s1. The van der Waals surface area contributed by atoms with Crippen LogP contribution in [-0.4, -0.2) is 47.8 Å². The highest BCUT2D eigenvalue weighted by Gasteiger charge is 2.48. The highest BCUT2D eigenvalue weighted by molar-refractivity contribution is 6.10. The summed E-state index contributed by atoms with van der Waals surface area (Å²) in [5.41, 5.74) is 1.60. The summed E-state index contributed by atoms with van der Waals surface area (Å²) in [6.07, 6.45) is 0. The lowest BCUT2D eigenvalue weighted by atomic mass is 9.98. The lowest BCUT2D eigenvalue weighted by Gasteiger charge is -2.26. The number of carbonyl (C=O) groups excluding carboxylic acids is 4. The molecule has 3 aliphatic heterocycles. The van der Waals surface area contributed by atoms with Gasteiger partial charge in [0.2, 0.25) is 5.54 Å². The molecule has 3 heterocycles. The number of ether oxygens (including phenoxy) is 1. The van der Waals surface area contributed by atoms with Crippen molar-refractivity contribution in [2.45, 2.75) is 18.6 Å². The van der Waals surface area contributed by atoms with Gasteiger partial charge in [0.25, 0.3) is 17.7 Å². The van der Waals surface area contributed by atoms with Crippen LogP contribution in [0.1, 0.15) is 37.4 Å². The van der Waals surface area contributed by atoms with Crippen LogP contribution in [0.5, 0.6) is 5.75 Å². The Labute approximate surface area is 183 Å². The zero-order valence-corrected chi connectivity index (χ0v) is 17.1. The monoisotopic (exact) mass is 430 g/mol. The van der Waals surface area contributed by atoms with Crippen molar-refractivity contribution in [1.29, 1.82) is 0 Å². The molecule has 1 saturated heterocycles. The minimum Gasteiger partial charge on any atom is -0.497 e. The number of benzene rings is 2. The fourth-order valence-corrected chi connectivity index (χ4v) is 4.08. The van der Waals surface area contributed by atoms with E-state index in [9.17, 15) is 19.2 Å². The average molecular weight is 430 g/mol. The van der Waals surface area contributed by atoms with Crippen molar-refractivity contribution < 1.29 is 23.9 Å². The predicted molar refractivity (Wildman–Crippen MR) is 112 cm³/mol. The van der Waals surface area contributed by atoms with E-state index in [1.807, 2.05) is 0 Å². The highest BCUT2D eigenvalue weighted by atomic mass is 16.5. The van der Waals surface area contributed by atoms with Crippen LogP contribution in [0.4, 0.5) is 4.79 Å².